The third-order valence-corrected chi connectivity index (χ3v) is 9.81. The molecule has 1 atom stereocenters. The van der Waals surface area contributed by atoms with Gasteiger partial charge >= 0.3 is 0 Å². The van der Waals surface area contributed by atoms with E-state index in [4.69, 9.17) is 27.9 Å². The molecule has 0 aliphatic heterocycles. The molecule has 0 saturated heterocycles. The van der Waals surface area contributed by atoms with Crippen LogP contribution >= 0.6 is 23.2 Å². The predicted molar refractivity (Wildman–Crippen MR) is 183 cm³/mol. The molecule has 11 heteroatoms. The quantitative estimate of drug-likeness (QED) is 0.140. The highest BCUT2D eigenvalue weighted by Crippen LogP contribution is 2.28. The van der Waals surface area contributed by atoms with Gasteiger partial charge in [0.1, 0.15) is 18.3 Å². The standard InChI is InChI=1S/C35H37Cl2N3O5S/c1-3-4-21-38-35(42)33(22-26-11-6-5-7-12-26)39(24-27-13-8-9-16-32(27)37)34(41)25-40(29-15-10-14-28(36)23-29)46(43,44)31-19-17-30(45-2)18-20-31/h5-20,23,33H,3-4,21-22,24-25H2,1-2H3,(H,38,42)/t33-/m0/s1. The fourth-order valence-corrected chi connectivity index (χ4v) is 6.69. The normalized spacial score (nSPS) is 11.8. The molecule has 4 aromatic carbocycles. The molecule has 0 heterocycles. The molecule has 0 fully saturated rings. The largest absolute Gasteiger partial charge is 0.497 e. The summed E-state index contributed by atoms with van der Waals surface area (Å²) in [6.45, 7) is 1.83. The molecule has 0 spiro atoms. The number of nitrogens with zero attached hydrogens (tertiary/aromatic N) is 2. The van der Waals surface area contributed by atoms with Gasteiger partial charge in [0.15, 0.2) is 0 Å². The summed E-state index contributed by atoms with van der Waals surface area (Å²) in [4.78, 5) is 29.7. The number of rotatable bonds is 15. The van der Waals surface area contributed by atoms with E-state index in [9.17, 15) is 18.0 Å². The third kappa shape index (κ3) is 9.02. The molecular weight excluding hydrogens is 645 g/mol. The Balaban J connectivity index is 1.80. The van der Waals surface area contributed by atoms with Gasteiger partial charge in [0.25, 0.3) is 10.0 Å². The number of sulfonamides is 1. The van der Waals surface area contributed by atoms with Crippen LogP contribution in [0.3, 0.4) is 0 Å². The zero-order valence-electron chi connectivity index (χ0n) is 25.7. The van der Waals surface area contributed by atoms with Crippen LogP contribution in [0.4, 0.5) is 5.69 Å². The smallest absolute Gasteiger partial charge is 0.264 e. The number of methoxy groups -OCH3 is 1. The zero-order chi connectivity index (χ0) is 33.1. The molecule has 0 aromatic heterocycles. The van der Waals surface area contributed by atoms with Crippen LogP contribution in [0.2, 0.25) is 10.0 Å². The number of carbonyl (C=O) groups is 2. The van der Waals surface area contributed by atoms with Crippen molar-refractivity contribution in [3.63, 3.8) is 0 Å². The van der Waals surface area contributed by atoms with Gasteiger partial charge in [-0.2, -0.15) is 0 Å². The van der Waals surface area contributed by atoms with Gasteiger partial charge in [-0.05, 0) is 66.1 Å². The maximum atomic E-state index is 14.5. The van der Waals surface area contributed by atoms with E-state index in [0.29, 0.717) is 27.9 Å². The third-order valence-electron chi connectivity index (χ3n) is 7.42. The summed E-state index contributed by atoms with van der Waals surface area (Å²) in [6.07, 6.45) is 1.85. The number of halogens is 2. The van der Waals surface area contributed by atoms with Crippen LogP contribution in [0, 0.1) is 0 Å². The van der Waals surface area contributed by atoms with Gasteiger partial charge in [0, 0.05) is 29.6 Å². The van der Waals surface area contributed by atoms with Crippen molar-refractivity contribution in [2.45, 2.75) is 43.7 Å². The number of anilines is 1. The highest BCUT2D eigenvalue weighted by molar-refractivity contribution is 7.92. The molecule has 46 heavy (non-hydrogen) atoms. The number of nitrogens with one attached hydrogen (secondary N) is 1. The molecule has 4 rings (SSSR count). The van der Waals surface area contributed by atoms with Crippen molar-refractivity contribution in [1.29, 1.82) is 0 Å². The molecule has 0 radical (unpaired) electrons. The van der Waals surface area contributed by atoms with Crippen LogP contribution < -0.4 is 14.4 Å². The van der Waals surface area contributed by atoms with Crippen molar-refractivity contribution >= 4 is 50.7 Å². The number of carbonyl (C=O) groups excluding carboxylic acids is 2. The zero-order valence-corrected chi connectivity index (χ0v) is 28.1. The lowest BCUT2D eigenvalue weighted by Gasteiger charge is -2.34. The first-order chi connectivity index (χ1) is 22.1. The SMILES string of the molecule is CCCCNC(=O)[C@H](Cc1ccccc1)N(Cc1ccccc1Cl)C(=O)CN(c1cccc(Cl)c1)S(=O)(=O)c1ccc(OC)cc1. The van der Waals surface area contributed by atoms with Gasteiger partial charge in [-0.25, -0.2) is 8.42 Å². The van der Waals surface area contributed by atoms with Crippen LogP contribution in [0.1, 0.15) is 30.9 Å². The van der Waals surface area contributed by atoms with E-state index < -0.39 is 28.5 Å². The second-order valence-corrected chi connectivity index (χ2v) is 13.3. The Kier molecular flexibility index (Phi) is 12.5. The van der Waals surface area contributed by atoms with Crippen LogP contribution in [-0.2, 0) is 32.6 Å². The number of benzene rings is 4. The van der Waals surface area contributed by atoms with E-state index in [0.717, 1.165) is 22.7 Å². The fourth-order valence-electron chi connectivity index (χ4n) is 4.91. The highest BCUT2D eigenvalue weighted by Gasteiger charge is 2.35. The minimum atomic E-state index is -4.28. The summed E-state index contributed by atoms with van der Waals surface area (Å²) in [7, 11) is -2.80. The molecule has 0 aliphatic rings. The lowest BCUT2D eigenvalue weighted by Crippen LogP contribution is -2.53. The van der Waals surface area contributed by atoms with E-state index >= 15 is 0 Å². The van der Waals surface area contributed by atoms with E-state index in [2.05, 4.69) is 5.32 Å². The first-order valence-electron chi connectivity index (χ1n) is 14.9. The number of unbranched alkanes of at least 4 members (excludes halogenated alkanes) is 1. The van der Waals surface area contributed by atoms with Crippen molar-refractivity contribution in [2.75, 3.05) is 24.5 Å². The van der Waals surface area contributed by atoms with Crippen LogP contribution in [0.15, 0.2) is 108 Å². The Morgan fingerprint density at radius 3 is 2.24 bits per heavy atom. The first kappa shape index (κ1) is 34.8. The molecule has 0 unspecified atom stereocenters. The van der Waals surface area contributed by atoms with Gasteiger partial charge in [-0.15, -0.1) is 0 Å². The lowest BCUT2D eigenvalue weighted by molar-refractivity contribution is -0.140. The van der Waals surface area contributed by atoms with Crippen molar-refractivity contribution in [3.8, 4) is 5.75 Å². The van der Waals surface area contributed by atoms with E-state index in [1.165, 1.54) is 42.3 Å². The topological polar surface area (TPSA) is 96.0 Å². The van der Waals surface area contributed by atoms with Crippen molar-refractivity contribution in [1.82, 2.24) is 10.2 Å². The van der Waals surface area contributed by atoms with E-state index in [1.54, 1.807) is 42.5 Å². The molecule has 1 N–H and O–H groups in total. The summed E-state index contributed by atoms with van der Waals surface area (Å²) in [5.41, 5.74) is 1.65. The van der Waals surface area contributed by atoms with Gasteiger partial charge in [0.2, 0.25) is 11.8 Å². The van der Waals surface area contributed by atoms with Crippen LogP contribution in [-0.4, -0.2) is 51.4 Å². The fraction of sp³-hybridized carbons (Fsp3) is 0.257. The van der Waals surface area contributed by atoms with Gasteiger partial charge in [-0.1, -0.05) is 91.1 Å². The molecule has 0 saturated carbocycles. The summed E-state index contributed by atoms with van der Waals surface area (Å²) in [6, 6.07) is 27.6. The molecule has 0 bridgehead atoms. The molecule has 8 nitrogen and oxygen atoms in total. The number of hydrogen-bond donors (Lipinski definition) is 1. The second-order valence-electron chi connectivity index (χ2n) is 10.6. The number of ether oxygens (including phenoxy) is 1. The van der Waals surface area contributed by atoms with Crippen molar-refractivity contribution in [3.05, 3.63) is 124 Å². The second kappa shape index (κ2) is 16.5. The van der Waals surface area contributed by atoms with Gasteiger partial charge < -0.3 is 15.0 Å². The molecule has 0 aliphatic carbocycles. The number of hydrogen-bond acceptors (Lipinski definition) is 5. The predicted octanol–water partition coefficient (Wildman–Crippen LogP) is 6.75. The Hall–Kier alpha value is -4.05. The molecular formula is C35H37Cl2N3O5S. The van der Waals surface area contributed by atoms with Gasteiger partial charge in [-0.3, -0.25) is 13.9 Å². The summed E-state index contributed by atoms with van der Waals surface area (Å²) in [5.74, 6) is -0.457. The maximum Gasteiger partial charge on any atom is 0.264 e. The summed E-state index contributed by atoms with van der Waals surface area (Å²) in [5, 5.41) is 3.69. The number of amides is 2. The van der Waals surface area contributed by atoms with Crippen molar-refractivity contribution < 1.29 is 22.7 Å². The summed E-state index contributed by atoms with van der Waals surface area (Å²) < 4.78 is 34.5. The van der Waals surface area contributed by atoms with Crippen LogP contribution in [0.25, 0.3) is 0 Å². The van der Waals surface area contributed by atoms with Gasteiger partial charge in [0.05, 0.1) is 17.7 Å². The summed E-state index contributed by atoms with van der Waals surface area (Å²) >= 11 is 12.8. The Morgan fingerprint density at radius 2 is 1.59 bits per heavy atom. The van der Waals surface area contributed by atoms with Crippen LogP contribution in [0.5, 0.6) is 5.75 Å². The molecule has 4 aromatic rings. The monoisotopic (exact) mass is 681 g/mol. The molecule has 2 amide bonds. The van der Waals surface area contributed by atoms with Crippen molar-refractivity contribution in [2.24, 2.45) is 0 Å². The average molecular weight is 683 g/mol. The van der Waals surface area contributed by atoms with E-state index in [1.807, 2.05) is 37.3 Å². The Morgan fingerprint density at radius 1 is 0.891 bits per heavy atom. The highest BCUT2D eigenvalue weighted by atomic mass is 35.5. The average Bonchev–Trinajstić information content (AvgIpc) is 3.06. The minimum Gasteiger partial charge on any atom is -0.497 e. The Labute approximate surface area is 280 Å². The first-order valence-corrected chi connectivity index (χ1v) is 17.1. The van der Waals surface area contributed by atoms with E-state index in [-0.39, 0.29) is 29.5 Å². The minimum absolute atomic E-state index is 0.0246. The maximum absolute atomic E-state index is 14.5. The lowest BCUT2D eigenvalue weighted by atomic mass is 10.0. The molecule has 242 valence electrons. The Bertz CT molecular complexity index is 1720.